The van der Waals surface area contributed by atoms with E-state index < -0.39 is 20.7 Å². The smallest absolute Gasteiger partial charge is 0.264 e. The Bertz CT molecular complexity index is 784. The molecule has 2 aromatic rings. The number of nitrogens with one attached hydrogen (secondary N) is 1. The quantitative estimate of drug-likeness (QED) is 0.835. The third-order valence-electron chi connectivity index (χ3n) is 2.69. The summed E-state index contributed by atoms with van der Waals surface area (Å²) in [5.74, 6) is -0.849. The number of anilines is 1. The second kappa shape index (κ2) is 6.31. The molecule has 2 aromatic carbocycles. The third-order valence-corrected chi connectivity index (χ3v) is 5.32. The lowest BCUT2D eigenvalue weighted by Crippen LogP contribution is -2.15. The minimum atomic E-state index is -4.03. The number of rotatable bonds is 4. The Morgan fingerprint density at radius 3 is 2.52 bits per heavy atom. The van der Waals surface area contributed by atoms with Crippen LogP contribution in [0.15, 0.2) is 45.8 Å². The van der Waals surface area contributed by atoms with Gasteiger partial charge in [0.15, 0.2) is 0 Å². The highest BCUT2D eigenvalue weighted by atomic mass is 79.9. The molecule has 0 aromatic heterocycles. The van der Waals surface area contributed by atoms with Gasteiger partial charge in [-0.1, -0.05) is 17.7 Å². The summed E-state index contributed by atoms with van der Waals surface area (Å²) in [4.78, 5) is -0.439. The molecule has 0 aliphatic carbocycles. The fourth-order valence-corrected chi connectivity index (χ4v) is 3.27. The molecule has 112 valence electrons. The van der Waals surface area contributed by atoms with Crippen LogP contribution in [0, 0.1) is 5.82 Å². The zero-order chi connectivity index (χ0) is 15.6. The minimum absolute atomic E-state index is 0.134. The molecule has 0 saturated carbocycles. The van der Waals surface area contributed by atoms with Crippen molar-refractivity contribution in [2.75, 3.05) is 4.72 Å². The zero-order valence-electron chi connectivity index (χ0n) is 10.6. The fourth-order valence-electron chi connectivity index (χ4n) is 1.66. The fraction of sp³-hybridized carbons (Fsp3) is 0.0769. The molecule has 0 aliphatic rings. The molecule has 0 bridgehead atoms. The van der Waals surface area contributed by atoms with E-state index in [0.717, 1.165) is 6.07 Å². The number of hydrogen-bond donors (Lipinski definition) is 2. The highest BCUT2D eigenvalue weighted by Gasteiger charge is 2.19. The Kier molecular flexibility index (Phi) is 4.88. The van der Waals surface area contributed by atoms with Crippen molar-refractivity contribution in [2.45, 2.75) is 11.4 Å². The van der Waals surface area contributed by atoms with E-state index in [-0.39, 0.29) is 12.2 Å². The largest absolute Gasteiger partial charge is 0.326 e. The number of sulfonamides is 1. The number of halogens is 3. The molecule has 0 spiro atoms. The van der Waals surface area contributed by atoms with Gasteiger partial charge in [-0.05, 0) is 51.8 Å². The van der Waals surface area contributed by atoms with Crippen LogP contribution in [0.5, 0.6) is 0 Å². The van der Waals surface area contributed by atoms with Crippen LogP contribution in [0.25, 0.3) is 0 Å². The monoisotopic (exact) mass is 392 g/mol. The predicted molar refractivity (Wildman–Crippen MR) is 84.3 cm³/mol. The molecule has 4 nitrogen and oxygen atoms in total. The molecule has 0 saturated heterocycles. The highest BCUT2D eigenvalue weighted by molar-refractivity contribution is 9.10. The Morgan fingerprint density at radius 1 is 1.24 bits per heavy atom. The van der Waals surface area contributed by atoms with Gasteiger partial charge in [-0.2, -0.15) is 0 Å². The minimum Gasteiger partial charge on any atom is -0.326 e. The molecule has 0 unspecified atom stereocenters. The van der Waals surface area contributed by atoms with Crippen molar-refractivity contribution >= 4 is 43.2 Å². The van der Waals surface area contributed by atoms with Gasteiger partial charge in [-0.15, -0.1) is 0 Å². The van der Waals surface area contributed by atoms with Crippen molar-refractivity contribution in [3.05, 3.63) is 57.3 Å². The van der Waals surface area contributed by atoms with Crippen LogP contribution in [0.4, 0.5) is 10.1 Å². The second-order valence-corrected chi connectivity index (χ2v) is 7.12. The van der Waals surface area contributed by atoms with Crippen LogP contribution in [0.2, 0.25) is 5.02 Å². The van der Waals surface area contributed by atoms with Crippen LogP contribution in [-0.2, 0) is 16.6 Å². The van der Waals surface area contributed by atoms with Crippen LogP contribution in [0.1, 0.15) is 5.56 Å². The summed E-state index contributed by atoms with van der Waals surface area (Å²) >= 11 is 9.02. The summed E-state index contributed by atoms with van der Waals surface area (Å²) in [7, 11) is -4.03. The van der Waals surface area contributed by atoms with Crippen molar-refractivity contribution in [1.29, 1.82) is 0 Å². The number of benzene rings is 2. The van der Waals surface area contributed by atoms with E-state index >= 15 is 0 Å². The summed E-state index contributed by atoms with van der Waals surface area (Å²) in [6, 6.07) is 8.26. The number of nitrogens with two attached hydrogens (primary N) is 1. The summed E-state index contributed by atoms with van der Waals surface area (Å²) in [6.45, 7) is 0.134. The second-order valence-electron chi connectivity index (χ2n) is 4.20. The van der Waals surface area contributed by atoms with Crippen molar-refractivity contribution < 1.29 is 12.8 Å². The molecule has 0 fully saturated rings. The zero-order valence-corrected chi connectivity index (χ0v) is 13.8. The first-order valence-corrected chi connectivity index (χ1v) is 8.45. The van der Waals surface area contributed by atoms with Gasteiger partial charge < -0.3 is 5.73 Å². The van der Waals surface area contributed by atoms with Crippen molar-refractivity contribution in [3.63, 3.8) is 0 Å². The van der Waals surface area contributed by atoms with E-state index in [9.17, 15) is 12.8 Å². The van der Waals surface area contributed by atoms with E-state index in [1.54, 1.807) is 0 Å². The van der Waals surface area contributed by atoms with E-state index in [2.05, 4.69) is 20.7 Å². The molecule has 8 heteroatoms. The predicted octanol–water partition coefficient (Wildman–Crippen LogP) is 3.50. The number of hydrogen-bond acceptors (Lipinski definition) is 3. The maximum atomic E-state index is 13.9. The van der Waals surface area contributed by atoms with E-state index in [4.69, 9.17) is 17.3 Å². The Balaban J connectivity index is 2.36. The van der Waals surface area contributed by atoms with Crippen LogP contribution < -0.4 is 10.5 Å². The SMILES string of the molecule is NCc1ccc(S(=O)(=O)Nc2ccc(Cl)c(Br)c2)c(F)c1. The van der Waals surface area contributed by atoms with Gasteiger partial charge in [0.1, 0.15) is 10.7 Å². The van der Waals surface area contributed by atoms with E-state index in [0.29, 0.717) is 15.1 Å². The van der Waals surface area contributed by atoms with Crippen LogP contribution in [-0.4, -0.2) is 8.42 Å². The summed E-state index contributed by atoms with van der Waals surface area (Å²) in [5, 5.41) is 0.441. The Labute approximate surface area is 135 Å². The first-order valence-electron chi connectivity index (χ1n) is 5.80. The average molecular weight is 394 g/mol. The van der Waals surface area contributed by atoms with Gasteiger partial charge in [-0.3, -0.25) is 4.72 Å². The van der Waals surface area contributed by atoms with E-state index in [1.807, 2.05) is 0 Å². The van der Waals surface area contributed by atoms with Crippen molar-refractivity contribution in [3.8, 4) is 0 Å². The first kappa shape index (κ1) is 16.2. The summed E-state index contributed by atoms with van der Waals surface area (Å²) in [5.41, 5.74) is 6.17. The molecule has 0 heterocycles. The van der Waals surface area contributed by atoms with E-state index in [1.165, 1.54) is 30.3 Å². The first-order chi connectivity index (χ1) is 9.83. The normalized spacial score (nSPS) is 11.4. The Hall–Kier alpha value is -1.15. The molecule has 21 heavy (non-hydrogen) atoms. The molecule has 0 radical (unpaired) electrons. The standard InChI is InChI=1S/C13H11BrClFN2O2S/c14-10-6-9(2-3-11(10)15)18-21(19,20)13-4-1-8(7-17)5-12(13)16/h1-6,18H,7,17H2. The van der Waals surface area contributed by atoms with Gasteiger partial charge in [-0.25, -0.2) is 12.8 Å². The van der Waals surface area contributed by atoms with Crippen molar-refractivity contribution in [2.24, 2.45) is 5.73 Å². The molecule has 0 atom stereocenters. The molecule has 2 rings (SSSR count). The lowest BCUT2D eigenvalue weighted by molar-refractivity contribution is 0.569. The highest BCUT2D eigenvalue weighted by Crippen LogP contribution is 2.27. The lowest BCUT2D eigenvalue weighted by Gasteiger charge is -2.10. The maximum absolute atomic E-state index is 13.9. The topological polar surface area (TPSA) is 72.2 Å². The summed E-state index contributed by atoms with van der Waals surface area (Å²) in [6.07, 6.45) is 0. The maximum Gasteiger partial charge on any atom is 0.264 e. The molecule has 0 aliphatic heterocycles. The molecular weight excluding hydrogens is 383 g/mol. The van der Waals surface area contributed by atoms with Gasteiger partial charge in [0.25, 0.3) is 10.0 Å². The van der Waals surface area contributed by atoms with Gasteiger partial charge >= 0.3 is 0 Å². The summed E-state index contributed by atoms with van der Waals surface area (Å²) < 4.78 is 41.1. The molecule has 0 amide bonds. The van der Waals surface area contributed by atoms with Gasteiger partial charge in [0.2, 0.25) is 0 Å². The average Bonchev–Trinajstić information content (AvgIpc) is 2.42. The lowest BCUT2D eigenvalue weighted by atomic mass is 10.2. The molecular formula is C13H11BrClFN2O2S. The molecule has 3 N–H and O–H groups in total. The van der Waals surface area contributed by atoms with Crippen molar-refractivity contribution in [1.82, 2.24) is 0 Å². The van der Waals surface area contributed by atoms with Gasteiger partial charge in [0.05, 0.1) is 10.7 Å². The van der Waals surface area contributed by atoms with Crippen LogP contribution >= 0.6 is 27.5 Å². The third kappa shape index (κ3) is 3.74. The van der Waals surface area contributed by atoms with Crippen LogP contribution in [0.3, 0.4) is 0 Å². The Morgan fingerprint density at radius 2 is 1.95 bits per heavy atom. The van der Waals surface area contributed by atoms with Gasteiger partial charge in [0, 0.05) is 11.0 Å².